The van der Waals surface area contributed by atoms with Gasteiger partial charge in [0, 0.05) is 0 Å². The first-order valence-electron chi connectivity index (χ1n) is 6.41. The van der Waals surface area contributed by atoms with Crippen LogP contribution >= 0.6 is 0 Å². The van der Waals surface area contributed by atoms with E-state index >= 15 is 0 Å². The second-order valence-corrected chi connectivity index (χ2v) is 5.91. The van der Waals surface area contributed by atoms with Gasteiger partial charge in [-0.1, -0.05) is 60.8 Å². The molecule has 0 saturated carbocycles. The second kappa shape index (κ2) is 6.48. The molecule has 0 aliphatic rings. The molecule has 0 saturated heterocycles. The highest BCUT2D eigenvalue weighted by atomic mass is 14.2. The Morgan fingerprint density at radius 3 is 2.00 bits per heavy atom. The van der Waals surface area contributed by atoms with E-state index in [0.29, 0.717) is 5.41 Å². The van der Waals surface area contributed by atoms with Gasteiger partial charge in [0.15, 0.2) is 0 Å². The monoisotopic (exact) mass is 198 g/mol. The van der Waals surface area contributed by atoms with Gasteiger partial charge in [0.2, 0.25) is 0 Å². The molecule has 0 radical (unpaired) electrons. The zero-order valence-corrected chi connectivity index (χ0v) is 11.2. The van der Waals surface area contributed by atoms with Crippen LogP contribution < -0.4 is 0 Å². The Labute approximate surface area is 91.5 Å². The summed E-state index contributed by atoms with van der Waals surface area (Å²) in [5.74, 6) is 1.82. The Hall–Kier alpha value is 0. The Bertz CT molecular complexity index is 135. The first-order chi connectivity index (χ1) is 6.41. The Morgan fingerprint density at radius 1 is 1.00 bits per heavy atom. The van der Waals surface area contributed by atoms with E-state index in [4.69, 9.17) is 0 Å². The largest absolute Gasteiger partial charge is 0.0651 e. The molecule has 0 aromatic rings. The maximum absolute atomic E-state index is 2.41. The van der Waals surface area contributed by atoms with Gasteiger partial charge in [-0.05, 0) is 30.1 Å². The molecule has 2 unspecified atom stereocenters. The Kier molecular flexibility index (Phi) is 6.48. The maximum atomic E-state index is 2.41. The SMILES string of the molecule is CCC(C)CC(C)CCC(C)(C)CC. The van der Waals surface area contributed by atoms with E-state index in [1.807, 2.05) is 0 Å². The zero-order valence-electron chi connectivity index (χ0n) is 11.2. The molecule has 0 N–H and O–H groups in total. The van der Waals surface area contributed by atoms with Crippen LogP contribution in [0.25, 0.3) is 0 Å². The fourth-order valence-electron chi connectivity index (χ4n) is 1.79. The Balaban J connectivity index is 3.68. The van der Waals surface area contributed by atoms with Crippen molar-refractivity contribution in [2.45, 2.75) is 73.6 Å². The summed E-state index contributed by atoms with van der Waals surface area (Å²) in [5, 5.41) is 0. The van der Waals surface area contributed by atoms with Gasteiger partial charge in [0.1, 0.15) is 0 Å². The maximum Gasteiger partial charge on any atom is -0.0357 e. The van der Waals surface area contributed by atoms with E-state index < -0.39 is 0 Å². The van der Waals surface area contributed by atoms with Crippen molar-refractivity contribution in [3.63, 3.8) is 0 Å². The predicted molar refractivity (Wildman–Crippen MR) is 66.5 cm³/mol. The van der Waals surface area contributed by atoms with Crippen LogP contribution in [0.4, 0.5) is 0 Å². The van der Waals surface area contributed by atoms with E-state index in [9.17, 15) is 0 Å². The highest BCUT2D eigenvalue weighted by Gasteiger charge is 2.16. The third kappa shape index (κ3) is 6.45. The number of rotatable bonds is 7. The highest BCUT2D eigenvalue weighted by molar-refractivity contribution is 4.69. The molecule has 0 aromatic heterocycles. The minimum Gasteiger partial charge on any atom is -0.0651 e. The average Bonchev–Trinajstić information content (AvgIpc) is 2.15. The third-order valence-electron chi connectivity index (χ3n) is 3.77. The standard InChI is InChI=1S/C14H30/c1-7-12(3)11-13(4)9-10-14(5,6)8-2/h12-13H,7-11H2,1-6H3. The smallest absolute Gasteiger partial charge is 0.0357 e. The van der Waals surface area contributed by atoms with Gasteiger partial charge in [-0.25, -0.2) is 0 Å². The molecule has 2 atom stereocenters. The van der Waals surface area contributed by atoms with E-state index in [-0.39, 0.29) is 0 Å². The molecule has 0 aromatic carbocycles. The molecule has 0 amide bonds. The molecule has 0 bridgehead atoms. The molecule has 0 fully saturated rings. The molecule has 0 heterocycles. The van der Waals surface area contributed by atoms with Gasteiger partial charge in [0.05, 0.1) is 0 Å². The molecule has 0 heteroatoms. The summed E-state index contributed by atoms with van der Waals surface area (Å²) >= 11 is 0. The topological polar surface area (TPSA) is 0 Å². The molecule has 0 rings (SSSR count). The van der Waals surface area contributed by atoms with Crippen LogP contribution in [0, 0.1) is 17.3 Å². The molecule has 0 aliphatic heterocycles. The zero-order chi connectivity index (χ0) is 11.2. The minimum atomic E-state index is 0.559. The van der Waals surface area contributed by atoms with Crippen molar-refractivity contribution in [2.75, 3.05) is 0 Å². The van der Waals surface area contributed by atoms with Gasteiger partial charge >= 0.3 is 0 Å². The summed E-state index contributed by atoms with van der Waals surface area (Å²) in [4.78, 5) is 0. The van der Waals surface area contributed by atoms with Crippen molar-refractivity contribution >= 4 is 0 Å². The van der Waals surface area contributed by atoms with Crippen molar-refractivity contribution in [1.82, 2.24) is 0 Å². The Morgan fingerprint density at radius 2 is 1.57 bits per heavy atom. The fraction of sp³-hybridized carbons (Fsp3) is 1.00. The van der Waals surface area contributed by atoms with Crippen LogP contribution in [0.3, 0.4) is 0 Å². The number of hydrogen-bond acceptors (Lipinski definition) is 0. The van der Waals surface area contributed by atoms with Crippen molar-refractivity contribution < 1.29 is 0 Å². The summed E-state index contributed by atoms with van der Waals surface area (Å²) in [7, 11) is 0. The summed E-state index contributed by atoms with van der Waals surface area (Å²) < 4.78 is 0. The minimum absolute atomic E-state index is 0.559. The fourth-order valence-corrected chi connectivity index (χ4v) is 1.79. The van der Waals surface area contributed by atoms with Gasteiger partial charge in [0.25, 0.3) is 0 Å². The van der Waals surface area contributed by atoms with Crippen LogP contribution in [0.5, 0.6) is 0 Å². The summed E-state index contributed by atoms with van der Waals surface area (Å²) in [6, 6.07) is 0. The first-order valence-corrected chi connectivity index (χ1v) is 6.41. The molecule has 86 valence electrons. The highest BCUT2D eigenvalue weighted by Crippen LogP contribution is 2.30. The molecule has 0 aliphatic carbocycles. The van der Waals surface area contributed by atoms with Crippen molar-refractivity contribution in [3.8, 4) is 0 Å². The van der Waals surface area contributed by atoms with E-state index in [2.05, 4.69) is 41.5 Å². The van der Waals surface area contributed by atoms with E-state index in [1.165, 1.54) is 32.1 Å². The molecule has 14 heavy (non-hydrogen) atoms. The lowest BCUT2D eigenvalue weighted by atomic mass is 9.81. The molecule has 0 nitrogen and oxygen atoms in total. The molecule has 0 spiro atoms. The lowest BCUT2D eigenvalue weighted by molar-refractivity contribution is 0.271. The molecular weight excluding hydrogens is 168 g/mol. The van der Waals surface area contributed by atoms with Crippen LogP contribution in [-0.2, 0) is 0 Å². The van der Waals surface area contributed by atoms with Gasteiger partial charge in [-0.2, -0.15) is 0 Å². The summed E-state index contributed by atoms with van der Waals surface area (Å²) in [6.07, 6.45) is 6.85. The number of hydrogen-bond donors (Lipinski definition) is 0. The van der Waals surface area contributed by atoms with Crippen molar-refractivity contribution in [2.24, 2.45) is 17.3 Å². The van der Waals surface area contributed by atoms with Crippen LogP contribution in [0.15, 0.2) is 0 Å². The van der Waals surface area contributed by atoms with Crippen LogP contribution in [0.1, 0.15) is 73.6 Å². The van der Waals surface area contributed by atoms with E-state index in [1.54, 1.807) is 0 Å². The van der Waals surface area contributed by atoms with Gasteiger partial charge in [-0.3, -0.25) is 0 Å². The van der Waals surface area contributed by atoms with Gasteiger partial charge in [-0.15, -0.1) is 0 Å². The van der Waals surface area contributed by atoms with E-state index in [0.717, 1.165) is 11.8 Å². The summed E-state index contributed by atoms with van der Waals surface area (Å²) in [5.41, 5.74) is 0.559. The second-order valence-electron chi connectivity index (χ2n) is 5.91. The predicted octanol–water partition coefficient (Wildman–Crippen LogP) is 5.28. The first kappa shape index (κ1) is 14.0. The normalized spacial score (nSPS) is 16.7. The van der Waals surface area contributed by atoms with Crippen LogP contribution in [-0.4, -0.2) is 0 Å². The van der Waals surface area contributed by atoms with Gasteiger partial charge < -0.3 is 0 Å². The molecular formula is C14H30. The van der Waals surface area contributed by atoms with Crippen molar-refractivity contribution in [3.05, 3.63) is 0 Å². The van der Waals surface area contributed by atoms with Crippen LogP contribution in [0.2, 0.25) is 0 Å². The third-order valence-corrected chi connectivity index (χ3v) is 3.77. The quantitative estimate of drug-likeness (QED) is 0.522. The average molecular weight is 198 g/mol. The van der Waals surface area contributed by atoms with Crippen molar-refractivity contribution in [1.29, 1.82) is 0 Å². The lowest BCUT2D eigenvalue weighted by Crippen LogP contribution is -2.12. The summed E-state index contributed by atoms with van der Waals surface area (Å²) in [6.45, 7) is 14.2. The lowest BCUT2D eigenvalue weighted by Gasteiger charge is -2.25.